The van der Waals surface area contributed by atoms with E-state index in [1.807, 2.05) is 13.8 Å². The van der Waals surface area contributed by atoms with Crippen LogP contribution in [-0.2, 0) is 9.47 Å². The van der Waals surface area contributed by atoms with E-state index in [0.717, 1.165) is 6.07 Å². The number of halogens is 3. The van der Waals surface area contributed by atoms with Gasteiger partial charge in [-0.25, -0.2) is 14.4 Å². The molecular formula is C17H18ClF2N3O2. The minimum absolute atomic E-state index is 0.0409. The molecule has 2 aromatic rings. The summed E-state index contributed by atoms with van der Waals surface area (Å²) in [7, 11) is 0. The standard InChI is InChI=1S/C17H18ClF2N3O2/c1-17(2)9-24-10(8-25-17)6-22-16-13(19)3-4-14(23-16)11-5-15(20)21-7-12(11)18/h3-5,7,10H,6,8-9H2,1-2H3,(H,22,23). The molecule has 1 aliphatic heterocycles. The second-order valence-electron chi connectivity index (χ2n) is 6.40. The lowest BCUT2D eigenvalue weighted by molar-refractivity contribution is -0.170. The molecule has 0 radical (unpaired) electrons. The Hall–Kier alpha value is -1.83. The number of nitrogens with one attached hydrogen (secondary N) is 1. The molecule has 0 aromatic carbocycles. The summed E-state index contributed by atoms with van der Waals surface area (Å²) in [6.07, 6.45) is 0.985. The molecule has 0 aliphatic carbocycles. The molecule has 0 bridgehead atoms. The van der Waals surface area contributed by atoms with Crippen molar-refractivity contribution < 1.29 is 18.3 Å². The van der Waals surface area contributed by atoms with Crippen LogP contribution in [0.2, 0.25) is 5.02 Å². The van der Waals surface area contributed by atoms with Crippen molar-refractivity contribution in [3.8, 4) is 11.3 Å². The number of rotatable bonds is 4. The molecule has 3 rings (SSSR count). The van der Waals surface area contributed by atoms with E-state index >= 15 is 0 Å². The first-order chi connectivity index (χ1) is 11.8. The van der Waals surface area contributed by atoms with Crippen molar-refractivity contribution in [3.63, 3.8) is 0 Å². The van der Waals surface area contributed by atoms with Crippen LogP contribution in [0.3, 0.4) is 0 Å². The van der Waals surface area contributed by atoms with E-state index in [0.29, 0.717) is 31.0 Å². The van der Waals surface area contributed by atoms with Crippen LogP contribution in [0.5, 0.6) is 0 Å². The van der Waals surface area contributed by atoms with Gasteiger partial charge in [0.1, 0.15) is 0 Å². The first kappa shape index (κ1) is 18.0. The lowest BCUT2D eigenvalue weighted by Gasteiger charge is -2.35. The van der Waals surface area contributed by atoms with Gasteiger partial charge in [0.05, 0.1) is 35.6 Å². The lowest BCUT2D eigenvalue weighted by atomic mass is 10.1. The van der Waals surface area contributed by atoms with Crippen LogP contribution in [0.25, 0.3) is 11.3 Å². The predicted molar refractivity (Wildman–Crippen MR) is 90.7 cm³/mol. The SMILES string of the molecule is CC1(C)COC(CNc2nc(-c3cc(F)ncc3Cl)ccc2F)CO1. The van der Waals surface area contributed by atoms with Crippen LogP contribution in [0.15, 0.2) is 24.4 Å². The zero-order valence-electron chi connectivity index (χ0n) is 13.9. The predicted octanol–water partition coefficient (Wildman–Crippen LogP) is 3.68. The summed E-state index contributed by atoms with van der Waals surface area (Å²) >= 11 is 6.03. The zero-order chi connectivity index (χ0) is 18.0. The first-order valence-corrected chi connectivity index (χ1v) is 8.19. The average Bonchev–Trinajstić information content (AvgIpc) is 2.57. The van der Waals surface area contributed by atoms with E-state index in [4.69, 9.17) is 21.1 Å². The van der Waals surface area contributed by atoms with Crippen LogP contribution in [0.1, 0.15) is 13.8 Å². The number of hydrogen-bond acceptors (Lipinski definition) is 5. The molecule has 25 heavy (non-hydrogen) atoms. The highest BCUT2D eigenvalue weighted by Gasteiger charge is 2.28. The van der Waals surface area contributed by atoms with Gasteiger partial charge in [-0.15, -0.1) is 0 Å². The second kappa shape index (κ2) is 7.19. The fraction of sp³-hybridized carbons (Fsp3) is 0.412. The van der Waals surface area contributed by atoms with Gasteiger partial charge < -0.3 is 14.8 Å². The Kier molecular flexibility index (Phi) is 5.17. The fourth-order valence-corrected chi connectivity index (χ4v) is 2.58. The third kappa shape index (κ3) is 4.42. The Balaban J connectivity index is 1.73. The Morgan fingerprint density at radius 3 is 2.88 bits per heavy atom. The second-order valence-corrected chi connectivity index (χ2v) is 6.81. The van der Waals surface area contributed by atoms with Gasteiger partial charge >= 0.3 is 0 Å². The van der Waals surface area contributed by atoms with Crippen LogP contribution in [0, 0.1) is 11.8 Å². The van der Waals surface area contributed by atoms with Crippen LogP contribution in [-0.4, -0.2) is 41.4 Å². The largest absolute Gasteiger partial charge is 0.371 e. The molecule has 3 heterocycles. The van der Waals surface area contributed by atoms with Gasteiger partial charge in [0, 0.05) is 24.4 Å². The third-order valence-electron chi connectivity index (χ3n) is 3.77. The van der Waals surface area contributed by atoms with Gasteiger partial charge in [-0.05, 0) is 26.0 Å². The van der Waals surface area contributed by atoms with Crippen molar-refractivity contribution >= 4 is 17.4 Å². The maximum atomic E-state index is 14.0. The highest BCUT2D eigenvalue weighted by Crippen LogP contribution is 2.28. The van der Waals surface area contributed by atoms with E-state index in [2.05, 4.69) is 15.3 Å². The van der Waals surface area contributed by atoms with E-state index in [1.165, 1.54) is 18.3 Å². The number of hydrogen-bond donors (Lipinski definition) is 1. The lowest BCUT2D eigenvalue weighted by Crippen LogP contribution is -2.44. The van der Waals surface area contributed by atoms with Crippen molar-refractivity contribution in [3.05, 3.63) is 41.2 Å². The van der Waals surface area contributed by atoms with Crippen molar-refractivity contribution in [2.75, 3.05) is 25.1 Å². The molecule has 1 saturated heterocycles. The maximum Gasteiger partial charge on any atom is 0.213 e. The van der Waals surface area contributed by atoms with Gasteiger partial charge in [0.15, 0.2) is 11.6 Å². The van der Waals surface area contributed by atoms with Crippen LogP contribution < -0.4 is 5.32 Å². The fourth-order valence-electron chi connectivity index (χ4n) is 2.38. The molecule has 2 aromatic heterocycles. The van der Waals surface area contributed by atoms with Crippen molar-refractivity contribution in [2.24, 2.45) is 0 Å². The molecular weight excluding hydrogens is 352 g/mol. The molecule has 1 fully saturated rings. The van der Waals surface area contributed by atoms with E-state index in [9.17, 15) is 8.78 Å². The third-order valence-corrected chi connectivity index (χ3v) is 4.07. The molecule has 0 amide bonds. The molecule has 1 N–H and O–H groups in total. The van der Waals surface area contributed by atoms with Crippen molar-refractivity contribution in [1.29, 1.82) is 0 Å². The quantitative estimate of drug-likeness (QED) is 0.833. The van der Waals surface area contributed by atoms with Crippen LogP contribution >= 0.6 is 11.6 Å². The average molecular weight is 370 g/mol. The molecule has 1 aliphatic rings. The molecule has 5 nitrogen and oxygen atoms in total. The summed E-state index contributed by atoms with van der Waals surface area (Å²) in [5.41, 5.74) is 0.371. The van der Waals surface area contributed by atoms with E-state index in [1.54, 1.807) is 0 Å². The Bertz CT molecular complexity index is 764. The van der Waals surface area contributed by atoms with Crippen molar-refractivity contribution in [2.45, 2.75) is 25.6 Å². The summed E-state index contributed by atoms with van der Waals surface area (Å²) < 4.78 is 38.7. The van der Waals surface area contributed by atoms with Gasteiger partial charge in [-0.3, -0.25) is 0 Å². The normalized spacial score (nSPS) is 19.6. The summed E-state index contributed by atoms with van der Waals surface area (Å²) in [6, 6.07) is 3.84. The summed E-state index contributed by atoms with van der Waals surface area (Å²) in [5, 5.41) is 3.14. The number of ether oxygens (including phenoxy) is 2. The smallest absolute Gasteiger partial charge is 0.213 e. The zero-order valence-corrected chi connectivity index (χ0v) is 14.6. The van der Waals surface area contributed by atoms with Gasteiger partial charge in [0.2, 0.25) is 5.95 Å². The summed E-state index contributed by atoms with van der Waals surface area (Å²) in [4.78, 5) is 7.66. The van der Waals surface area contributed by atoms with Gasteiger partial charge in [-0.2, -0.15) is 4.39 Å². The Morgan fingerprint density at radius 2 is 2.16 bits per heavy atom. The molecule has 0 spiro atoms. The maximum absolute atomic E-state index is 14.0. The van der Waals surface area contributed by atoms with E-state index < -0.39 is 11.8 Å². The number of nitrogens with zero attached hydrogens (tertiary/aromatic N) is 2. The molecule has 0 saturated carbocycles. The van der Waals surface area contributed by atoms with Gasteiger partial charge in [0.25, 0.3) is 0 Å². The molecule has 1 unspecified atom stereocenters. The first-order valence-electron chi connectivity index (χ1n) is 7.81. The Labute approximate surface area is 149 Å². The van der Waals surface area contributed by atoms with Crippen LogP contribution in [0.4, 0.5) is 14.6 Å². The highest BCUT2D eigenvalue weighted by atomic mass is 35.5. The molecule has 8 heteroatoms. The minimum atomic E-state index is -0.685. The van der Waals surface area contributed by atoms with Gasteiger partial charge in [-0.1, -0.05) is 11.6 Å². The molecule has 1 atom stereocenters. The summed E-state index contributed by atoms with van der Waals surface area (Å²) in [6.45, 7) is 5.09. The number of anilines is 1. The molecule has 134 valence electrons. The highest BCUT2D eigenvalue weighted by molar-refractivity contribution is 6.33. The summed E-state index contributed by atoms with van der Waals surface area (Å²) in [5.74, 6) is -1.17. The Morgan fingerprint density at radius 1 is 1.36 bits per heavy atom. The topological polar surface area (TPSA) is 56.3 Å². The van der Waals surface area contributed by atoms with E-state index in [-0.39, 0.29) is 22.5 Å². The number of aromatic nitrogens is 2. The monoisotopic (exact) mass is 369 g/mol. The minimum Gasteiger partial charge on any atom is -0.371 e. The van der Waals surface area contributed by atoms with Crippen molar-refractivity contribution in [1.82, 2.24) is 9.97 Å². The number of pyridine rings is 2.